The first-order chi connectivity index (χ1) is 15.8. The van der Waals surface area contributed by atoms with Gasteiger partial charge in [0, 0.05) is 13.5 Å². The molecule has 0 fully saturated rings. The van der Waals surface area contributed by atoms with E-state index < -0.39 is 59.8 Å². The Labute approximate surface area is 193 Å². The average molecular weight is 562 g/mol. The Bertz CT molecular complexity index is 876. The average Bonchev–Trinajstić information content (AvgIpc) is 2.70. The zero-order valence-corrected chi connectivity index (χ0v) is 18.2. The van der Waals surface area contributed by atoms with Gasteiger partial charge in [0.05, 0.1) is 12.2 Å². The van der Waals surface area contributed by atoms with Crippen molar-refractivity contribution in [3.05, 3.63) is 29.8 Å². The maximum atomic E-state index is 14.2. The molecule has 0 spiro atoms. The maximum Gasteiger partial charge on any atom is 0.460 e. The number of methoxy groups -OCH3 is 1. The number of hydrogen-bond acceptors (Lipinski definition) is 2. The Morgan fingerprint density at radius 3 is 1.36 bits per heavy atom. The number of rotatable bonds is 11. The summed E-state index contributed by atoms with van der Waals surface area (Å²) in [6.45, 7) is 3.16. The molecule has 36 heavy (non-hydrogen) atoms. The fraction of sp³-hybridized carbons (Fsp3) is 0.684. The first kappa shape index (κ1) is 32.0. The van der Waals surface area contributed by atoms with Gasteiger partial charge in [-0.05, 0) is 31.5 Å². The minimum atomic E-state index is -8.32. The Morgan fingerprint density at radius 1 is 0.611 bits per heavy atom. The molecule has 2 nitrogen and oxygen atoms in total. The number of halogens is 15. The van der Waals surface area contributed by atoms with Gasteiger partial charge in [-0.1, -0.05) is 12.1 Å². The smallest absolute Gasteiger partial charge is 0.460 e. The van der Waals surface area contributed by atoms with E-state index >= 15 is 0 Å². The normalized spacial score (nSPS) is 15.9. The molecule has 0 radical (unpaired) electrons. The van der Waals surface area contributed by atoms with Gasteiger partial charge in [-0.3, -0.25) is 0 Å². The van der Waals surface area contributed by atoms with Crippen LogP contribution >= 0.6 is 0 Å². The van der Waals surface area contributed by atoms with E-state index in [0.29, 0.717) is 7.11 Å². The molecule has 0 heterocycles. The predicted octanol–water partition coefficient (Wildman–Crippen LogP) is 7.93. The summed E-state index contributed by atoms with van der Waals surface area (Å²) in [7, 11) is 0.586. The highest BCUT2D eigenvalue weighted by Crippen LogP contribution is 2.63. The molecule has 0 saturated carbocycles. The van der Waals surface area contributed by atoms with E-state index in [2.05, 4.69) is 4.74 Å². The molecule has 17 heteroatoms. The summed E-state index contributed by atoms with van der Waals surface area (Å²) in [5.74, 6) is -46.6. The standard InChI is InChI=1S/C19H17F15O2/c1-9(2)36-11-6-4-10(5-7-11)12(35-3)8-13(20,21)14(22,23)15(24,25)16(26,27)17(28,29)18(30,31)19(32,33)34/h4-7,9,12H,8H2,1-3H3. The van der Waals surface area contributed by atoms with Crippen LogP contribution in [0.3, 0.4) is 0 Å². The summed E-state index contributed by atoms with van der Waals surface area (Å²) < 4.78 is 209. The molecule has 0 saturated heterocycles. The largest absolute Gasteiger partial charge is 0.491 e. The van der Waals surface area contributed by atoms with E-state index in [9.17, 15) is 65.9 Å². The molecule has 1 aromatic rings. The van der Waals surface area contributed by atoms with Gasteiger partial charge in [0.25, 0.3) is 0 Å². The minimum Gasteiger partial charge on any atom is -0.491 e. The number of ether oxygens (including phenoxy) is 2. The quantitative estimate of drug-likeness (QED) is 0.255. The van der Waals surface area contributed by atoms with Gasteiger partial charge in [0.1, 0.15) is 5.75 Å². The Hall–Kier alpha value is -2.07. The van der Waals surface area contributed by atoms with Crippen LogP contribution in [0.4, 0.5) is 65.9 Å². The van der Waals surface area contributed by atoms with Gasteiger partial charge in [0.15, 0.2) is 0 Å². The molecule has 210 valence electrons. The van der Waals surface area contributed by atoms with Crippen LogP contribution in [-0.2, 0) is 4.74 Å². The third kappa shape index (κ3) is 5.16. The van der Waals surface area contributed by atoms with Crippen molar-refractivity contribution in [2.45, 2.75) is 74.2 Å². The summed E-state index contributed by atoms with van der Waals surface area (Å²) in [5.41, 5.74) is -0.451. The highest BCUT2D eigenvalue weighted by atomic mass is 19.4. The third-order valence-electron chi connectivity index (χ3n) is 4.74. The second-order valence-electron chi connectivity index (χ2n) is 7.74. The summed E-state index contributed by atoms with van der Waals surface area (Å²) >= 11 is 0. The van der Waals surface area contributed by atoms with Crippen LogP contribution in [0.15, 0.2) is 24.3 Å². The van der Waals surface area contributed by atoms with Crippen molar-refractivity contribution in [3.63, 3.8) is 0 Å². The minimum absolute atomic E-state index is 0.111. The van der Waals surface area contributed by atoms with Crippen molar-refractivity contribution in [2.24, 2.45) is 0 Å². The highest BCUT2D eigenvalue weighted by Gasteiger charge is 2.93. The van der Waals surface area contributed by atoms with Crippen LogP contribution in [0, 0.1) is 0 Å². The molecule has 0 aromatic heterocycles. The molecular weight excluding hydrogens is 545 g/mol. The molecule has 1 rings (SSSR count). The lowest BCUT2D eigenvalue weighted by atomic mass is 9.88. The van der Waals surface area contributed by atoms with E-state index in [1.807, 2.05) is 0 Å². The predicted molar refractivity (Wildman–Crippen MR) is 92.3 cm³/mol. The van der Waals surface area contributed by atoms with Crippen LogP contribution in [0.5, 0.6) is 5.75 Å². The SMILES string of the molecule is COC(CC(F)(F)C(F)(F)C(F)(F)C(F)(F)C(F)(F)C(F)(F)C(F)(F)F)c1ccc(OC(C)C)cc1. The molecule has 0 aliphatic heterocycles. The van der Waals surface area contributed by atoms with E-state index in [4.69, 9.17) is 4.74 Å². The van der Waals surface area contributed by atoms with Crippen LogP contribution < -0.4 is 4.74 Å². The van der Waals surface area contributed by atoms with Crippen molar-refractivity contribution in [2.75, 3.05) is 7.11 Å². The second kappa shape index (κ2) is 9.67. The van der Waals surface area contributed by atoms with Gasteiger partial charge in [-0.25, -0.2) is 0 Å². The highest BCUT2D eigenvalue weighted by molar-refractivity contribution is 5.29. The van der Waals surface area contributed by atoms with Crippen molar-refractivity contribution < 1.29 is 75.3 Å². The van der Waals surface area contributed by atoms with E-state index in [-0.39, 0.29) is 11.9 Å². The molecule has 0 bridgehead atoms. The van der Waals surface area contributed by atoms with E-state index in [1.165, 1.54) is 0 Å². The summed E-state index contributed by atoms with van der Waals surface area (Å²) in [6.07, 6.45) is -12.9. The van der Waals surface area contributed by atoms with Gasteiger partial charge in [-0.15, -0.1) is 0 Å². The molecule has 1 unspecified atom stereocenters. The summed E-state index contributed by atoms with van der Waals surface area (Å²) in [6, 6.07) is 3.98. The van der Waals surface area contributed by atoms with Crippen LogP contribution in [0.1, 0.15) is 31.9 Å². The summed E-state index contributed by atoms with van der Waals surface area (Å²) in [5, 5.41) is 0. The Kier molecular flexibility index (Phi) is 8.58. The van der Waals surface area contributed by atoms with Crippen molar-refractivity contribution in [1.29, 1.82) is 0 Å². The van der Waals surface area contributed by atoms with E-state index in [0.717, 1.165) is 24.3 Å². The second-order valence-corrected chi connectivity index (χ2v) is 7.74. The van der Waals surface area contributed by atoms with Crippen molar-refractivity contribution in [1.82, 2.24) is 0 Å². The molecule has 0 N–H and O–H groups in total. The lowest BCUT2D eigenvalue weighted by molar-refractivity contribution is -0.453. The first-order valence-electron chi connectivity index (χ1n) is 9.45. The van der Waals surface area contributed by atoms with E-state index in [1.54, 1.807) is 13.8 Å². The molecule has 0 aliphatic rings. The monoisotopic (exact) mass is 562 g/mol. The van der Waals surface area contributed by atoms with Crippen molar-refractivity contribution >= 4 is 0 Å². The zero-order chi connectivity index (χ0) is 28.8. The lowest BCUT2D eigenvalue weighted by Crippen LogP contribution is -2.72. The number of hydrogen-bond donors (Lipinski definition) is 0. The molecular formula is C19H17F15O2. The van der Waals surface area contributed by atoms with Gasteiger partial charge < -0.3 is 9.47 Å². The number of alkyl halides is 15. The topological polar surface area (TPSA) is 18.5 Å². The van der Waals surface area contributed by atoms with Crippen molar-refractivity contribution in [3.8, 4) is 5.75 Å². The first-order valence-corrected chi connectivity index (χ1v) is 9.45. The van der Waals surface area contributed by atoms with Crippen LogP contribution in [0.25, 0.3) is 0 Å². The molecule has 1 atom stereocenters. The summed E-state index contributed by atoms with van der Waals surface area (Å²) in [4.78, 5) is 0. The van der Waals surface area contributed by atoms with Gasteiger partial charge >= 0.3 is 41.7 Å². The Morgan fingerprint density at radius 2 is 1.00 bits per heavy atom. The fourth-order valence-corrected chi connectivity index (χ4v) is 2.73. The zero-order valence-electron chi connectivity index (χ0n) is 18.2. The molecule has 0 amide bonds. The fourth-order valence-electron chi connectivity index (χ4n) is 2.73. The van der Waals surface area contributed by atoms with Gasteiger partial charge in [0.2, 0.25) is 0 Å². The maximum absolute atomic E-state index is 14.2. The van der Waals surface area contributed by atoms with Crippen LogP contribution in [0.2, 0.25) is 0 Å². The molecule has 0 aliphatic carbocycles. The molecule has 1 aromatic carbocycles. The lowest BCUT2D eigenvalue weighted by Gasteiger charge is -2.42. The van der Waals surface area contributed by atoms with Crippen LogP contribution in [-0.4, -0.2) is 54.9 Å². The Balaban J connectivity index is 3.42. The third-order valence-corrected chi connectivity index (χ3v) is 4.74. The number of benzene rings is 1. The van der Waals surface area contributed by atoms with Gasteiger partial charge in [-0.2, -0.15) is 65.9 Å².